The standard InChI is InChI=1S/C20H24ClN3O2/c1-2-3-12-23-18-6-4-5-7-19(18)24(20(23)22)13-16(25)14-26-17-10-8-15(21)9-11-17/h4-11,16,22,25H,2-3,12-14H2,1H3/p+1/t16-/m1/s1. The van der Waals surface area contributed by atoms with E-state index in [0.717, 1.165) is 30.4 Å². The second-order valence-electron chi connectivity index (χ2n) is 6.38. The van der Waals surface area contributed by atoms with Crippen molar-refractivity contribution in [3.63, 3.8) is 0 Å². The molecule has 3 rings (SSSR count). The molecule has 1 aromatic heterocycles. The van der Waals surface area contributed by atoms with Crippen molar-refractivity contribution in [3.05, 3.63) is 53.6 Å². The van der Waals surface area contributed by atoms with Crippen LogP contribution in [0.2, 0.25) is 5.02 Å². The number of halogens is 1. The highest BCUT2D eigenvalue weighted by Crippen LogP contribution is 2.18. The largest absolute Gasteiger partial charge is 0.491 e. The van der Waals surface area contributed by atoms with Gasteiger partial charge in [0, 0.05) is 5.02 Å². The van der Waals surface area contributed by atoms with Gasteiger partial charge in [-0.25, -0.2) is 9.13 Å². The first-order valence-electron chi connectivity index (χ1n) is 8.93. The number of ether oxygens (including phenoxy) is 1. The fraction of sp³-hybridized carbons (Fsp3) is 0.350. The van der Waals surface area contributed by atoms with E-state index in [1.54, 1.807) is 24.3 Å². The van der Waals surface area contributed by atoms with Crippen LogP contribution in [-0.4, -0.2) is 22.4 Å². The van der Waals surface area contributed by atoms with Crippen LogP contribution in [0.25, 0.3) is 11.0 Å². The maximum Gasteiger partial charge on any atom is 0.356 e. The van der Waals surface area contributed by atoms with Crippen molar-refractivity contribution in [1.29, 1.82) is 0 Å². The van der Waals surface area contributed by atoms with Gasteiger partial charge in [0.2, 0.25) is 0 Å². The number of imidazole rings is 1. The van der Waals surface area contributed by atoms with Gasteiger partial charge >= 0.3 is 5.95 Å². The van der Waals surface area contributed by atoms with E-state index in [1.807, 2.05) is 22.8 Å². The minimum absolute atomic E-state index is 0.183. The van der Waals surface area contributed by atoms with Crippen LogP contribution in [0.1, 0.15) is 19.8 Å². The summed E-state index contributed by atoms with van der Waals surface area (Å²) >= 11 is 5.87. The van der Waals surface area contributed by atoms with E-state index >= 15 is 0 Å². The molecule has 0 radical (unpaired) electrons. The van der Waals surface area contributed by atoms with Crippen molar-refractivity contribution < 1.29 is 14.4 Å². The first-order valence-corrected chi connectivity index (χ1v) is 9.31. The van der Waals surface area contributed by atoms with E-state index < -0.39 is 6.10 Å². The van der Waals surface area contributed by atoms with Crippen molar-refractivity contribution in [2.75, 3.05) is 12.3 Å². The van der Waals surface area contributed by atoms with Gasteiger partial charge in [-0.2, -0.15) is 0 Å². The fourth-order valence-electron chi connectivity index (χ4n) is 3.04. The predicted octanol–water partition coefficient (Wildman–Crippen LogP) is 3.40. The van der Waals surface area contributed by atoms with Crippen molar-refractivity contribution in [2.24, 2.45) is 0 Å². The topological polar surface area (TPSA) is 64.3 Å². The van der Waals surface area contributed by atoms with E-state index in [-0.39, 0.29) is 6.61 Å². The summed E-state index contributed by atoms with van der Waals surface area (Å²) in [7, 11) is 0. The van der Waals surface area contributed by atoms with Crippen LogP contribution in [-0.2, 0) is 13.1 Å². The number of benzene rings is 2. The Bertz CT molecular complexity index is 861. The molecule has 0 bridgehead atoms. The molecule has 2 aromatic carbocycles. The lowest BCUT2D eigenvalue weighted by Gasteiger charge is -2.12. The smallest absolute Gasteiger partial charge is 0.356 e. The molecule has 0 aliphatic heterocycles. The molecule has 0 saturated carbocycles. The number of aryl methyl sites for hydroxylation is 1. The number of nitrogens with two attached hydrogens (primary N) is 1. The number of nitrogens with zero attached hydrogens (tertiary/aromatic N) is 2. The molecule has 0 fully saturated rings. The Morgan fingerprint density at radius 2 is 1.92 bits per heavy atom. The van der Waals surface area contributed by atoms with E-state index in [9.17, 15) is 5.11 Å². The molecule has 1 atom stereocenters. The van der Waals surface area contributed by atoms with Crippen LogP contribution >= 0.6 is 11.6 Å². The molecule has 5 nitrogen and oxygen atoms in total. The molecule has 6 heteroatoms. The van der Waals surface area contributed by atoms with Crippen molar-refractivity contribution in [1.82, 2.24) is 4.57 Å². The summed E-state index contributed by atoms with van der Waals surface area (Å²) in [6.07, 6.45) is 1.48. The SMILES string of the molecule is CCCCn1c(N)[n+](C[C@@H](O)COc2ccc(Cl)cc2)c2ccccc21. The van der Waals surface area contributed by atoms with E-state index in [0.29, 0.717) is 23.3 Å². The number of nitrogen functional groups attached to an aromatic ring is 1. The van der Waals surface area contributed by atoms with E-state index in [4.69, 9.17) is 22.1 Å². The minimum atomic E-state index is -0.677. The Morgan fingerprint density at radius 3 is 2.65 bits per heavy atom. The molecule has 0 unspecified atom stereocenters. The Labute approximate surface area is 158 Å². The maximum atomic E-state index is 10.5. The highest BCUT2D eigenvalue weighted by molar-refractivity contribution is 6.30. The average molecular weight is 375 g/mol. The Kier molecular flexibility index (Phi) is 6.01. The first-order chi connectivity index (χ1) is 12.6. The number of aliphatic hydroxyl groups is 1. The van der Waals surface area contributed by atoms with Crippen molar-refractivity contribution in [2.45, 2.75) is 39.0 Å². The van der Waals surface area contributed by atoms with Gasteiger partial charge in [-0.05, 0) is 42.8 Å². The summed E-state index contributed by atoms with van der Waals surface area (Å²) in [6.45, 7) is 3.59. The monoisotopic (exact) mass is 374 g/mol. The number of fused-ring (bicyclic) bond motifs is 1. The molecule has 0 saturated heterocycles. The average Bonchev–Trinajstić information content (AvgIpc) is 2.91. The second kappa shape index (κ2) is 8.43. The summed E-state index contributed by atoms with van der Waals surface area (Å²) in [5.41, 5.74) is 8.50. The number of para-hydroxylation sites is 2. The Balaban J connectivity index is 1.75. The quantitative estimate of drug-likeness (QED) is 0.594. The lowest BCUT2D eigenvalue weighted by atomic mass is 10.3. The molecule has 26 heavy (non-hydrogen) atoms. The second-order valence-corrected chi connectivity index (χ2v) is 6.82. The molecule has 138 valence electrons. The third kappa shape index (κ3) is 4.11. The molecule has 3 N–H and O–H groups in total. The van der Waals surface area contributed by atoms with Gasteiger partial charge in [-0.1, -0.05) is 37.1 Å². The van der Waals surface area contributed by atoms with Gasteiger partial charge in [0.25, 0.3) is 0 Å². The zero-order valence-electron chi connectivity index (χ0n) is 14.9. The number of aromatic nitrogens is 2. The minimum Gasteiger partial charge on any atom is -0.491 e. The van der Waals surface area contributed by atoms with Crippen LogP contribution in [0.3, 0.4) is 0 Å². The number of rotatable bonds is 8. The lowest BCUT2D eigenvalue weighted by molar-refractivity contribution is -0.665. The summed E-state index contributed by atoms with van der Waals surface area (Å²) in [5, 5.41) is 11.1. The highest BCUT2D eigenvalue weighted by Gasteiger charge is 2.22. The van der Waals surface area contributed by atoms with E-state index in [2.05, 4.69) is 17.6 Å². The van der Waals surface area contributed by atoms with Gasteiger partial charge in [-0.3, -0.25) is 5.73 Å². The maximum absolute atomic E-state index is 10.5. The molecular weight excluding hydrogens is 350 g/mol. The highest BCUT2D eigenvalue weighted by atomic mass is 35.5. The zero-order chi connectivity index (χ0) is 18.5. The summed E-state index contributed by atoms with van der Waals surface area (Å²) in [6, 6.07) is 15.2. The molecule has 0 amide bonds. The van der Waals surface area contributed by atoms with Crippen LogP contribution in [0.5, 0.6) is 5.75 Å². The third-order valence-electron chi connectivity index (χ3n) is 4.40. The summed E-state index contributed by atoms with van der Waals surface area (Å²) < 4.78 is 9.72. The first kappa shape index (κ1) is 18.5. The zero-order valence-corrected chi connectivity index (χ0v) is 15.7. The summed E-state index contributed by atoms with van der Waals surface area (Å²) in [5.74, 6) is 1.34. The lowest BCUT2D eigenvalue weighted by Crippen LogP contribution is -2.43. The number of unbranched alkanes of at least 4 members (excludes halogenated alkanes) is 1. The van der Waals surface area contributed by atoms with E-state index in [1.165, 1.54) is 0 Å². The normalized spacial score (nSPS) is 12.4. The molecule has 1 heterocycles. The number of anilines is 1. The molecule has 3 aromatic rings. The van der Waals surface area contributed by atoms with Crippen LogP contribution in [0, 0.1) is 0 Å². The van der Waals surface area contributed by atoms with Crippen molar-refractivity contribution >= 4 is 28.6 Å². The fourth-order valence-corrected chi connectivity index (χ4v) is 3.17. The van der Waals surface area contributed by atoms with Gasteiger partial charge in [0.1, 0.15) is 36.0 Å². The number of hydrogen-bond donors (Lipinski definition) is 2. The van der Waals surface area contributed by atoms with Gasteiger partial charge in [0.15, 0.2) is 0 Å². The molecule has 0 aliphatic rings. The molecular formula is C20H25ClN3O2+. The van der Waals surface area contributed by atoms with Crippen molar-refractivity contribution in [3.8, 4) is 5.75 Å². The van der Waals surface area contributed by atoms with Crippen LogP contribution < -0.4 is 15.0 Å². The van der Waals surface area contributed by atoms with Gasteiger partial charge < -0.3 is 9.84 Å². The summed E-state index contributed by atoms with van der Waals surface area (Å²) in [4.78, 5) is 0. The van der Waals surface area contributed by atoms with Crippen LogP contribution in [0.15, 0.2) is 48.5 Å². The third-order valence-corrected chi connectivity index (χ3v) is 4.65. The number of hydrogen-bond acceptors (Lipinski definition) is 3. The number of aliphatic hydroxyl groups excluding tert-OH is 1. The Morgan fingerprint density at radius 1 is 1.19 bits per heavy atom. The van der Waals surface area contributed by atoms with Gasteiger partial charge in [-0.15, -0.1) is 0 Å². The Hall–Kier alpha value is -2.24. The molecule has 0 spiro atoms. The molecule has 0 aliphatic carbocycles. The van der Waals surface area contributed by atoms with Gasteiger partial charge in [0.05, 0.1) is 6.54 Å². The van der Waals surface area contributed by atoms with Crippen LogP contribution in [0.4, 0.5) is 5.95 Å². The predicted molar refractivity (Wildman–Crippen MR) is 104 cm³/mol.